The summed E-state index contributed by atoms with van der Waals surface area (Å²) in [7, 11) is 0. The summed E-state index contributed by atoms with van der Waals surface area (Å²) in [6, 6.07) is 0. The molecule has 0 saturated heterocycles. The molecule has 0 aromatic carbocycles. The molecule has 0 spiro atoms. The number of esters is 1. The lowest BCUT2D eigenvalue weighted by atomic mass is 9.97. The Bertz CT molecular complexity index is 227. The number of rotatable bonds is 9. The van der Waals surface area contributed by atoms with Crippen LogP contribution in [0, 0.1) is 5.92 Å². The van der Waals surface area contributed by atoms with Crippen molar-refractivity contribution < 1.29 is 24.5 Å². The van der Waals surface area contributed by atoms with Gasteiger partial charge in [0, 0.05) is 6.42 Å². The first-order valence-corrected chi connectivity index (χ1v) is 6.16. The summed E-state index contributed by atoms with van der Waals surface area (Å²) in [6.45, 7) is 4.32. The van der Waals surface area contributed by atoms with Crippen molar-refractivity contribution in [3.05, 3.63) is 0 Å². The predicted molar refractivity (Wildman–Crippen MR) is 62.2 cm³/mol. The van der Waals surface area contributed by atoms with Crippen LogP contribution in [-0.4, -0.2) is 23.8 Å². The number of hydrogen-bond acceptors (Lipinski definition) is 5. The maximum atomic E-state index is 11.2. The molecule has 0 amide bonds. The summed E-state index contributed by atoms with van der Waals surface area (Å²) in [5.74, 6) is -1.18. The van der Waals surface area contributed by atoms with Crippen LogP contribution in [0.1, 0.15) is 52.4 Å². The highest BCUT2D eigenvalue weighted by Gasteiger charge is 2.19. The maximum Gasteiger partial charge on any atom is 0.345 e. The average molecular weight is 246 g/mol. The quantitative estimate of drug-likeness (QED) is 0.384. The Labute approximate surface area is 102 Å². The van der Waals surface area contributed by atoms with E-state index in [4.69, 9.17) is 9.99 Å². The van der Waals surface area contributed by atoms with Crippen molar-refractivity contribution in [1.29, 1.82) is 0 Å². The van der Waals surface area contributed by atoms with E-state index in [0.29, 0.717) is 32.3 Å². The second-order valence-corrected chi connectivity index (χ2v) is 4.01. The first-order valence-electron chi connectivity index (χ1n) is 6.16. The standard InChI is InChI=1S/C12H22O5/c1-3-6-10(12(14)17-15)7-5-8-11(13)16-9-4-2/h10,15H,3-9H2,1-2H3. The molecule has 1 atom stereocenters. The van der Waals surface area contributed by atoms with Crippen molar-refractivity contribution in [2.75, 3.05) is 6.61 Å². The Kier molecular flexibility index (Phi) is 9.43. The van der Waals surface area contributed by atoms with Crippen molar-refractivity contribution >= 4 is 11.9 Å². The molecule has 0 aromatic heterocycles. The third-order valence-corrected chi connectivity index (χ3v) is 2.46. The second-order valence-electron chi connectivity index (χ2n) is 4.01. The van der Waals surface area contributed by atoms with E-state index in [1.54, 1.807) is 0 Å². The van der Waals surface area contributed by atoms with Gasteiger partial charge < -0.3 is 9.62 Å². The molecule has 0 bridgehead atoms. The SMILES string of the molecule is CCCOC(=O)CCCC(CCC)C(=O)OO. The van der Waals surface area contributed by atoms with E-state index in [2.05, 4.69) is 4.89 Å². The van der Waals surface area contributed by atoms with E-state index >= 15 is 0 Å². The topological polar surface area (TPSA) is 72.8 Å². The van der Waals surface area contributed by atoms with Crippen LogP contribution in [0.5, 0.6) is 0 Å². The largest absolute Gasteiger partial charge is 0.466 e. The van der Waals surface area contributed by atoms with Gasteiger partial charge in [-0.3, -0.25) is 4.79 Å². The number of carbonyl (C=O) groups excluding carboxylic acids is 2. The van der Waals surface area contributed by atoms with E-state index < -0.39 is 5.97 Å². The van der Waals surface area contributed by atoms with E-state index in [1.165, 1.54) is 0 Å². The van der Waals surface area contributed by atoms with Gasteiger partial charge in [-0.2, -0.15) is 5.26 Å². The third-order valence-electron chi connectivity index (χ3n) is 2.46. The highest BCUT2D eigenvalue weighted by atomic mass is 17.1. The fourth-order valence-corrected chi connectivity index (χ4v) is 1.58. The van der Waals surface area contributed by atoms with Crippen molar-refractivity contribution in [1.82, 2.24) is 0 Å². The molecule has 1 N–H and O–H groups in total. The number of carbonyl (C=O) groups is 2. The highest BCUT2D eigenvalue weighted by molar-refractivity contribution is 5.72. The van der Waals surface area contributed by atoms with Crippen LogP contribution in [-0.2, 0) is 19.2 Å². The van der Waals surface area contributed by atoms with Crippen LogP contribution in [0.15, 0.2) is 0 Å². The average Bonchev–Trinajstić information content (AvgIpc) is 2.34. The highest BCUT2D eigenvalue weighted by Crippen LogP contribution is 2.16. The number of hydrogen-bond donors (Lipinski definition) is 1. The molecule has 17 heavy (non-hydrogen) atoms. The van der Waals surface area contributed by atoms with Gasteiger partial charge in [0.2, 0.25) is 0 Å². The van der Waals surface area contributed by atoms with Gasteiger partial charge in [0.1, 0.15) is 0 Å². The lowest BCUT2D eigenvalue weighted by Gasteiger charge is -2.11. The monoisotopic (exact) mass is 246 g/mol. The third kappa shape index (κ3) is 7.74. The van der Waals surface area contributed by atoms with Crippen LogP contribution in [0.4, 0.5) is 0 Å². The Balaban J connectivity index is 3.81. The summed E-state index contributed by atoms with van der Waals surface area (Å²) >= 11 is 0. The molecule has 5 nitrogen and oxygen atoms in total. The van der Waals surface area contributed by atoms with E-state index in [1.807, 2.05) is 13.8 Å². The molecule has 0 aliphatic rings. The zero-order valence-corrected chi connectivity index (χ0v) is 10.6. The van der Waals surface area contributed by atoms with Crippen molar-refractivity contribution in [3.63, 3.8) is 0 Å². The fraction of sp³-hybridized carbons (Fsp3) is 0.833. The van der Waals surface area contributed by atoms with Gasteiger partial charge in [-0.25, -0.2) is 4.79 Å². The maximum absolute atomic E-state index is 11.2. The normalized spacial score (nSPS) is 11.9. The molecule has 0 aliphatic heterocycles. The lowest BCUT2D eigenvalue weighted by Crippen LogP contribution is -2.17. The van der Waals surface area contributed by atoms with Gasteiger partial charge in [-0.05, 0) is 25.7 Å². The molecule has 5 heteroatoms. The molecule has 0 radical (unpaired) electrons. The van der Waals surface area contributed by atoms with Crippen LogP contribution in [0.3, 0.4) is 0 Å². The van der Waals surface area contributed by atoms with Gasteiger partial charge in [-0.1, -0.05) is 20.3 Å². The number of ether oxygens (including phenoxy) is 1. The van der Waals surface area contributed by atoms with E-state index in [-0.39, 0.29) is 11.9 Å². The molecule has 0 rings (SSSR count). The minimum absolute atomic E-state index is 0.237. The fourth-order valence-electron chi connectivity index (χ4n) is 1.58. The zero-order valence-electron chi connectivity index (χ0n) is 10.6. The van der Waals surface area contributed by atoms with Crippen LogP contribution < -0.4 is 0 Å². The Morgan fingerprint density at radius 2 is 1.88 bits per heavy atom. The van der Waals surface area contributed by atoms with Gasteiger partial charge in [0.05, 0.1) is 12.5 Å². The molecule has 0 aliphatic carbocycles. The molecule has 0 heterocycles. The Morgan fingerprint density at radius 1 is 1.18 bits per heavy atom. The predicted octanol–water partition coefficient (Wildman–Crippen LogP) is 2.54. The Hall–Kier alpha value is -1.10. The van der Waals surface area contributed by atoms with Crippen molar-refractivity contribution in [3.8, 4) is 0 Å². The molecule has 1 unspecified atom stereocenters. The summed E-state index contributed by atoms with van der Waals surface area (Å²) in [6.07, 6.45) is 3.71. The summed E-state index contributed by atoms with van der Waals surface area (Å²) in [5, 5.41) is 8.32. The van der Waals surface area contributed by atoms with Crippen LogP contribution in [0.25, 0.3) is 0 Å². The molecule has 0 saturated carbocycles. The molecule has 100 valence electrons. The summed E-state index contributed by atoms with van der Waals surface area (Å²) in [4.78, 5) is 26.1. The summed E-state index contributed by atoms with van der Waals surface area (Å²) in [5.41, 5.74) is 0. The minimum Gasteiger partial charge on any atom is -0.466 e. The van der Waals surface area contributed by atoms with E-state index in [0.717, 1.165) is 12.8 Å². The Morgan fingerprint density at radius 3 is 2.41 bits per heavy atom. The first-order chi connectivity index (χ1) is 8.15. The van der Waals surface area contributed by atoms with Crippen molar-refractivity contribution in [2.45, 2.75) is 52.4 Å². The van der Waals surface area contributed by atoms with Crippen LogP contribution >= 0.6 is 0 Å². The molecule has 0 aromatic rings. The minimum atomic E-state index is -0.617. The van der Waals surface area contributed by atoms with Gasteiger partial charge >= 0.3 is 11.9 Å². The second kappa shape index (κ2) is 10.1. The van der Waals surface area contributed by atoms with Crippen molar-refractivity contribution in [2.24, 2.45) is 5.92 Å². The van der Waals surface area contributed by atoms with E-state index in [9.17, 15) is 9.59 Å². The smallest absolute Gasteiger partial charge is 0.345 e. The van der Waals surface area contributed by atoms with Gasteiger partial charge in [0.25, 0.3) is 0 Å². The van der Waals surface area contributed by atoms with Crippen LogP contribution in [0.2, 0.25) is 0 Å². The first kappa shape index (κ1) is 15.9. The van der Waals surface area contributed by atoms with Gasteiger partial charge in [0.15, 0.2) is 0 Å². The lowest BCUT2D eigenvalue weighted by molar-refractivity contribution is -0.239. The molecule has 0 fully saturated rings. The zero-order chi connectivity index (χ0) is 13.1. The molecular formula is C12H22O5. The summed E-state index contributed by atoms with van der Waals surface area (Å²) < 4.78 is 4.92. The molecular weight excluding hydrogens is 224 g/mol. The van der Waals surface area contributed by atoms with Gasteiger partial charge in [-0.15, -0.1) is 0 Å².